The van der Waals surface area contributed by atoms with Crippen molar-refractivity contribution in [2.45, 2.75) is 31.6 Å². The van der Waals surface area contributed by atoms with Crippen molar-refractivity contribution < 1.29 is 23.4 Å². The molecule has 0 radical (unpaired) electrons. The number of benzene rings is 1. The standard InChI is InChI=1S/C14H19NO5S/c1-14(2)6-3-7-15(9-14)21(19,20)10-4-5-12(16)11(8-10)13(17)18/h4-5,8,16H,3,6-7,9H2,1-2H3,(H,17,18). The van der Waals surface area contributed by atoms with E-state index in [0.717, 1.165) is 25.0 Å². The molecule has 2 N–H and O–H groups in total. The second kappa shape index (κ2) is 5.31. The fourth-order valence-corrected chi connectivity index (χ4v) is 4.26. The zero-order valence-corrected chi connectivity index (χ0v) is 12.9. The molecule has 116 valence electrons. The van der Waals surface area contributed by atoms with Crippen molar-refractivity contribution in [3.63, 3.8) is 0 Å². The summed E-state index contributed by atoms with van der Waals surface area (Å²) < 4.78 is 26.6. The van der Waals surface area contributed by atoms with E-state index >= 15 is 0 Å². The molecule has 0 saturated carbocycles. The van der Waals surface area contributed by atoms with Gasteiger partial charge >= 0.3 is 5.97 Å². The van der Waals surface area contributed by atoms with Crippen LogP contribution in [0.4, 0.5) is 0 Å². The monoisotopic (exact) mass is 313 g/mol. The van der Waals surface area contributed by atoms with E-state index in [1.165, 1.54) is 10.4 Å². The van der Waals surface area contributed by atoms with Crippen molar-refractivity contribution in [1.82, 2.24) is 4.31 Å². The summed E-state index contributed by atoms with van der Waals surface area (Å²) in [5, 5.41) is 18.5. The summed E-state index contributed by atoms with van der Waals surface area (Å²) in [5.74, 6) is -1.80. The molecule has 0 unspecified atom stereocenters. The molecule has 0 aromatic heterocycles. The van der Waals surface area contributed by atoms with Gasteiger partial charge in [0, 0.05) is 13.1 Å². The van der Waals surface area contributed by atoms with Crippen LogP contribution in [0.5, 0.6) is 5.75 Å². The highest BCUT2D eigenvalue weighted by Crippen LogP contribution is 2.32. The summed E-state index contributed by atoms with van der Waals surface area (Å²) in [6.45, 7) is 4.84. The van der Waals surface area contributed by atoms with E-state index in [-0.39, 0.29) is 10.3 Å². The SMILES string of the molecule is CC1(C)CCCN(S(=O)(=O)c2ccc(O)c(C(=O)O)c2)C1. The molecule has 1 aliphatic rings. The molecule has 0 atom stereocenters. The molecular weight excluding hydrogens is 294 g/mol. The number of carboxylic acids is 1. The number of rotatable bonds is 3. The Morgan fingerprint density at radius 3 is 2.57 bits per heavy atom. The van der Waals surface area contributed by atoms with Gasteiger partial charge in [0.15, 0.2) is 0 Å². The molecule has 0 spiro atoms. The van der Waals surface area contributed by atoms with Crippen LogP contribution in [-0.4, -0.2) is 42.0 Å². The first kappa shape index (κ1) is 15.8. The van der Waals surface area contributed by atoms with Gasteiger partial charge in [-0.2, -0.15) is 4.31 Å². The quantitative estimate of drug-likeness (QED) is 0.888. The highest BCUT2D eigenvalue weighted by molar-refractivity contribution is 7.89. The van der Waals surface area contributed by atoms with Gasteiger partial charge in [-0.25, -0.2) is 13.2 Å². The van der Waals surface area contributed by atoms with Crippen LogP contribution in [0.3, 0.4) is 0 Å². The number of sulfonamides is 1. The largest absolute Gasteiger partial charge is 0.507 e. The Balaban J connectivity index is 2.40. The Labute approximate surface area is 124 Å². The van der Waals surface area contributed by atoms with E-state index in [2.05, 4.69) is 0 Å². The highest BCUT2D eigenvalue weighted by atomic mass is 32.2. The number of piperidine rings is 1. The maximum absolute atomic E-state index is 12.6. The molecule has 2 rings (SSSR count). The minimum Gasteiger partial charge on any atom is -0.507 e. The van der Waals surface area contributed by atoms with Gasteiger partial charge in [-0.1, -0.05) is 13.8 Å². The number of carbonyl (C=O) groups is 1. The molecule has 6 nitrogen and oxygen atoms in total. The van der Waals surface area contributed by atoms with Crippen LogP contribution in [0, 0.1) is 5.41 Å². The molecule has 1 aliphatic heterocycles. The lowest BCUT2D eigenvalue weighted by Gasteiger charge is -2.37. The molecular formula is C14H19NO5S. The van der Waals surface area contributed by atoms with Gasteiger partial charge in [0.1, 0.15) is 11.3 Å². The Kier molecular flexibility index (Phi) is 3.99. The van der Waals surface area contributed by atoms with Crippen LogP contribution in [0.2, 0.25) is 0 Å². The number of aromatic carboxylic acids is 1. The fraction of sp³-hybridized carbons (Fsp3) is 0.500. The molecule has 21 heavy (non-hydrogen) atoms. The fourth-order valence-electron chi connectivity index (χ4n) is 2.57. The highest BCUT2D eigenvalue weighted by Gasteiger charge is 2.34. The van der Waals surface area contributed by atoms with Crippen molar-refractivity contribution in [3.05, 3.63) is 23.8 Å². The average Bonchev–Trinajstić information content (AvgIpc) is 2.37. The van der Waals surface area contributed by atoms with Gasteiger partial charge in [0.05, 0.1) is 4.90 Å². The minimum atomic E-state index is -3.75. The predicted molar refractivity (Wildman–Crippen MR) is 76.8 cm³/mol. The molecule has 1 aromatic rings. The molecule has 7 heteroatoms. The van der Waals surface area contributed by atoms with Crippen molar-refractivity contribution in [3.8, 4) is 5.75 Å². The molecule has 0 bridgehead atoms. The number of aromatic hydroxyl groups is 1. The second-order valence-electron chi connectivity index (χ2n) is 6.09. The summed E-state index contributed by atoms with van der Waals surface area (Å²) in [6, 6.07) is 3.35. The molecule has 1 saturated heterocycles. The first-order valence-electron chi connectivity index (χ1n) is 6.70. The third-order valence-electron chi connectivity index (χ3n) is 3.70. The second-order valence-corrected chi connectivity index (χ2v) is 8.03. The maximum Gasteiger partial charge on any atom is 0.339 e. The van der Waals surface area contributed by atoms with Crippen LogP contribution in [-0.2, 0) is 10.0 Å². The van der Waals surface area contributed by atoms with E-state index in [0.29, 0.717) is 13.1 Å². The van der Waals surface area contributed by atoms with E-state index in [9.17, 15) is 18.3 Å². The van der Waals surface area contributed by atoms with E-state index in [1.807, 2.05) is 13.8 Å². The molecule has 1 fully saturated rings. The lowest BCUT2D eigenvalue weighted by Crippen LogP contribution is -2.43. The van der Waals surface area contributed by atoms with Crippen molar-refractivity contribution in [2.24, 2.45) is 5.41 Å². The number of hydrogen-bond donors (Lipinski definition) is 2. The third-order valence-corrected chi connectivity index (χ3v) is 5.54. The number of hydrogen-bond acceptors (Lipinski definition) is 4. The average molecular weight is 313 g/mol. The summed E-state index contributed by atoms with van der Waals surface area (Å²) >= 11 is 0. The van der Waals surface area contributed by atoms with Gasteiger partial charge in [-0.05, 0) is 36.5 Å². The predicted octanol–water partition coefficient (Wildman–Crippen LogP) is 1.90. The smallest absolute Gasteiger partial charge is 0.339 e. The van der Waals surface area contributed by atoms with Gasteiger partial charge in [0.25, 0.3) is 0 Å². The first-order chi connectivity index (χ1) is 9.63. The summed E-state index contributed by atoms with van der Waals surface area (Å²) in [5.41, 5.74) is -0.509. The Morgan fingerprint density at radius 1 is 1.33 bits per heavy atom. The number of carboxylic acid groups (broad SMARTS) is 1. The van der Waals surface area contributed by atoms with Crippen molar-refractivity contribution in [2.75, 3.05) is 13.1 Å². The van der Waals surface area contributed by atoms with Crippen LogP contribution in [0.1, 0.15) is 37.0 Å². The first-order valence-corrected chi connectivity index (χ1v) is 8.14. The minimum absolute atomic E-state index is 0.0993. The maximum atomic E-state index is 12.6. The summed E-state index contributed by atoms with van der Waals surface area (Å²) in [6.07, 6.45) is 1.73. The van der Waals surface area contributed by atoms with Crippen LogP contribution in [0.15, 0.2) is 23.1 Å². The van der Waals surface area contributed by atoms with Crippen molar-refractivity contribution >= 4 is 16.0 Å². The third kappa shape index (κ3) is 3.19. The Bertz CT molecular complexity index is 666. The van der Waals surface area contributed by atoms with E-state index < -0.39 is 27.3 Å². The van der Waals surface area contributed by atoms with Crippen molar-refractivity contribution in [1.29, 1.82) is 0 Å². The van der Waals surface area contributed by atoms with Gasteiger partial charge in [-0.3, -0.25) is 0 Å². The van der Waals surface area contributed by atoms with E-state index in [1.54, 1.807) is 0 Å². The van der Waals surface area contributed by atoms with Crippen LogP contribution in [0.25, 0.3) is 0 Å². The zero-order valence-electron chi connectivity index (χ0n) is 12.0. The summed E-state index contributed by atoms with van der Waals surface area (Å²) in [7, 11) is -3.75. The van der Waals surface area contributed by atoms with Gasteiger partial charge in [-0.15, -0.1) is 0 Å². The Hall–Kier alpha value is -1.60. The zero-order chi connectivity index (χ0) is 15.8. The van der Waals surface area contributed by atoms with Crippen LogP contribution < -0.4 is 0 Å². The summed E-state index contributed by atoms with van der Waals surface area (Å²) in [4.78, 5) is 10.9. The van der Waals surface area contributed by atoms with Gasteiger partial charge < -0.3 is 10.2 Å². The molecule has 0 amide bonds. The topological polar surface area (TPSA) is 94.9 Å². The lowest BCUT2D eigenvalue weighted by molar-refractivity contribution is 0.0693. The molecule has 1 aromatic carbocycles. The Morgan fingerprint density at radius 2 is 2.00 bits per heavy atom. The van der Waals surface area contributed by atoms with Gasteiger partial charge in [0.2, 0.25) is 10.0 Å². The molecule has 1 heterocycles. The number of phenols is 1. The molecule has 0 aliphatic carbocycles. The normalized spacial score (nSPS) is 19.3. The lowest BCUT2D eigenvalue weighted by atomic mass is 9.85. The van der Waals surface area contributed by atoms with E-state index in [4.69, 9.17) is 5.11 Å². The number of nitrogens with zero attached hydrogens (tertiary/aromatic N) is 1. The van der Waals surface area contributed by atoms with Crippen LogP contribution >= 0.6 is 0 Å².